The van der Waals surface area contributed by atoms with Crippen molar-refractivity contribution in [2.75, 3.05) is 23.7 Å². The minimum Gasteiger partial charge on any atom is -0.457 e. The number of likely N-dealkylation sites (N-methyl/N-ethyl adjacent to an activating group) is 1. The second kappa shape index (κ2) is 12.4. The first-order valence-electron chi connectivity index (χ1n) is 12.0. The number of rotatable bonds is 11. The van der Waals surface area contributed by atoms with Crippen LogP contribution < -0.4 is 14.4 Å². The van der Waals surface area contributed by atoms with Crippen LogP contribution in [0.3, 0.4) is 0 Å². The van der Waals surface area contributed by atoms with Gasteiger partial charge in [-0.05, 0) is 62.7 Å². The molecule has 0 fully saturated rings. The quantitative estimate of drug-likeness (QED) is 0.408. The SMILES string of the molecule is CCNC(=O)C(C)N(Cc1ccc(C)cc1)C(=O)CN(c1ccc(Oc2ccccc2)cc1)S(C)(=O)=O. The van der Waals surface area contributed by atoms with Gasteiger partial charge in [0.1, 0.15) is 24.1 Å². The van der Waals surface area contributed by atoms with E-state index >= 15 is 0 Å². The van der Waals surface area contributed by atoms with E-state index < -0.39 is 28.5 Å². The zero-order valence-corrected chi connectivity index (χ0v) is 22.4. The molecule has 3 aromatic rings. The smallest absolute Gasteiger partial charge is 0.244 e. The lowest BCUT2D eigenvalue weighted by Crippen LogP contribution is -2.51. The number of aryl methyl sites for hydroxylation is 1. The van der Waals surface area contributed by atoms with Crippen LogP contribution in [0.15, 0.2) is 78.9 Å². The molecule has 0 aliphatic rings. The minimum absolute atomic E-state index is 0.166. The Morgan fingerprint density at radius 3 is 2.08 bits per heavy atom. The van der Waals surface area contributed by atoms with Gasteiger partial charge in [-0.1, -0.05) is 48.0 Å². The van der Waals surface area contributed by atoms with Gasteiger partial charge in [0.2, 0.25) is 21.8 Å². The second-order valence-electron chi connectivity index (χ2n) is 8.76. The maximum atomic E-state index is 13.5. The van der Waals surface area contributed by atoms with Crippen molar-refractivity contribution >= 4 is 27.5 Å². The van der Waals surface area contributed by atoms with Gasteiger partial charge in [-0.15, -0.1) is 0 Å². The second-order valence-corrected chi connectivity index (χ2v) is 10.7. The molecule has 0 saturated heterocycles. The molecule has 0 aromatic heterocycles. The van der Waals surface area contributed by atoms with E-state index in [1.54, 1.807) is 38.1 Å². The van der Waals surface area contributed by atoms with Crippen LogP contribution in [0.4, 0.5) is 5.69 Å². The normalized spacial score (nSPS) is 11.9. The highest BCUT2D eigenvalue weighted by atomic mass is 32.2. The van der Waals surface area contributed by atoms with Crippen molar-refractivity contribution in [3.63, 3.8) is 0 Å². The Morgan fingerprint density at radius 2 is 1.51 bits per heavy atom. The summed E-state index contributed by atoms with van der Waals surface area (Å²) < 4.78 is 32.2. The third kappa shape index (κ3) is 7.82. The van der Waals surface area contributed by atoms with Crippen LogP contribution in [0.25, 0.3) is 0 Å². The third-order valence-corrected chi connectivity index (χ3v) is 6.92. The molecule has 0 aliphatic carbocycles. The summed E-state index contributed by atoms with van der Waals surface area (Å²) in [5, 5.41) is 2.74. The molecule has 3 rings (SSSR count). The fraction of sp³-hybridized carbons (Fsp3) is 0.286. The summed E-state index contributed by atoms with van der Waals surface area (Å²) in [6.07, 6.45) is 1.05. The molecule has 0 radical (unpaired) electrons. The Kier molecular flexibility index (Phi) is 9.30. The number of amides is 2. The molecule has 0 spiro atoms. The van der Waals surface area contributed by atoms with Gasteiger partial charge >= 0.3 is 0 Å². The first-order valence-corrected chi connectivity index (χ1v) is 13.9. The van der Waals surface area contributed by atoms with Crippen LogP contribution in [0.5, 0.6) is 11.5 Å². The summed E-state index contributed by atoms with van der Waals surface area (Å²) in [4.78, 5) is 27.5. The van der Waals surface area contributed by atoms with E-state index in [1.165, 1.54) is 4.90 Å². The first-order chi connectivity index (χ1) is 17.6. The summed E-state index contributed by atoms with van der Waals surface area (Å²) in [5.74, 6) is 0.378. The minimum atomic E-state index is -3.81. The van der Waals surface area contributed by atoms with E-state index in [0.29, 0.717) is 23.7 Å². The predicted molar refractivity (Wildman–Crippen MR) is 145 cm³/mol. The van der Waals surface area contributed by atoms with Crippen LogP contribution in [0, 0.1) is 6.92 Å². The van der Waals surface area contributed by atoms with E-state index in [4.69, 9.17) is 4.74 Å². The van der Waals surface area contributed by atoms with Gasteiger partial charge in [-0.2, -0.15) is 0 Å². The summed E-state index contributed by atoms with van der Waals surface area (Å²) >= 11 is 0. The molecule has 9 heteroatoms. The van der Waals surface area contributed by atoms with Gasteiger partial charge in [0.25, 0.3) is 0 Å². The summed E-state index contributed by atoms with van der Waals surface area (Å²) in [6.45, 7) is 5.53. The highest BCUT2D eigenvalue weighted by molar-refractivity contribution is 7.92. The van der Waals surface area contributed by atoms with Gasteiger partial charge in [-0.3, -0.25) is 13.9 Å². The molecule has 1 N–H and O–H groups in total. The molecule has 1 atom stereocenters. The number of hydrogen-bond acceptors (Lipinski definition) is 5. The molecule has 3 aromatic carbocycles. The van der Waals surface area contributed by atoms with Crippen LogP contribution in [-0.2, 0) is 26.2 Å². The molecule has 2 amide bonds. The average Bonchev–Trinajstić information content (AvgIpc) is 2.87. The fourth-order valence-corrected chi connectivity index (χ4v) is 4.56. The molecule has 8 nitrogen and oxygen atoms in total. The lowest BCUT2D eigenvalue weighted by molar-refractivity contribution is -0.139. The summed E-state index contributed by atoms with van der Waals surface area (Å²) in [7, 11) is -3.81. The van der Waals surface area contributed by atoms with Crippen LogP contribution in [0.1, 0.15) is 25.0 Å². The van der Waals surface area contributed by atoms with Crippen molar-refractivity contribution in [3.05, 3.63) is 90.0 Å². The molecule has 37 heavy (non-hydrogen) atoms. The number of nitrogens with one attached hydrogen (secondary N) is 1. The predicted octanol–water partition coefficient (Wildman–Crippen LogP) is 4.11. The zero-order chi connectivity index (χ0) is 27.0. The highest BCUT2D eigenvalue weighted by Crippen LogP contribution is 2.26. The number of benzene rings is 3. The topological polar surface area (TPSA) is 96.0 Å². The maximum absolute atomic E-state index is 13.5. The van der Waals surface area contributed by atoms with Crippen molar-refractivity contribution in [2.45, 2.75) is 33.4 Å². The van der Waals surface area contributed by atoms with E-state index in [9.17, 15) is 18.0 Å². The van der Waals surface area contributed by atoms with Crippen LogP contribution in [0.2, 0.25) is 0 Å². The number of sulfonamides is 1. The Balaban J connectivity index is 1.85. The molecule has 196 valence electrons. The first kappa shape index (κ1) is 27.7. The molecule has 1 unspecified atom stereocenters. The number of hydrogen-bond donors (Lipinski definition) is 1. The van der Waals surface area contributed by atoms with Crippen LogP contribution in [-0.4, -0.2) is 50.5 Å². The Labute approximate surface area is 218 Å². The molecule has 0 saturated carbocycles. The standard InChI is InChI=1S/C28H33N3O5S/c1-5-29-28(33)22(3)30(19-23-13-11-21(2)12-14-23)27(32)20-31(37(4,34)35)24-15-17-26(18-16-24)36-25-9-7-6-8-10-25/h6-18,22H,5,19-20H2,1-4H3,(H,29,33). The number of carbonyl (C=O) groups is 2. The number of para-hydroxylation sites is 1. The van der Waals surface area contributed by atoms with E-state index in [-0.39, 0.29) is 12.5 Å². The number of anilines is 1. The number of carbonyl (C=O) groups excluding carboxylic acids is 2. The number of nitrogens with zero attached hydrogens (tertiary/aromatic N) is 2. The van der Waals surface area contributed by atoms with Crippen molar-refractivity contribution < 1.29 is 22.7 Å². The van der Waals surface area contributed by atoms with E-state index in [1.807, 2.05) is 61.5 Å². The van der Waals surface area contributed by atoms with Crippen LogP contribution >= 0.6 is 0 Å². The maximum Gasteiger partial charge on any atom is 0.244 e. The van der Waals surface area contributed by atoms with Crippen molar-refractivity contribution in [1.29, 1.82) is 0 Å². The molecule has 0 heterocycles. The Hall–Kier alpha value is -3.85. The molecule has 0 bridgehead atoms. The fourth-order valence-electron chi connectivity index (χ4n) is 3.71. The van der Waals surface area contributed by atoms with Gasteiger partial charge in [-0.25, -0.2) is 8.42 Å². The Morgan fingerprint density at radius 1 is 0.919 bits per heavy atom. The lowest BCUT2D eigenvalue weighted by Gasteiger charge is -2.31. The average molecular weight is 524 g/mol. The summed E-state index contributed by atoms with van der Waals surface area (Å²) in [6, 6.07) is 22.5. The molecular formula is C28H33N3O5S. The third-order valence-electron chi connectivity index (χ3n) is 5.77. The van der Waals surface area contributed by atoms with Gasteiger partial charge in [0.05, 0.1) is 11.9 Å². The number of ether oxygens (including phenoxy) is 1. The lowest BCUT2D eigenvalue weighted by atomic mass is 10.1. The van der Waals surface area contributed by atoms with Gasteiger partial charge in [0, 0.05) is 13.1 Å². The monoisotopic (exact) mass is 523 g/mol. The zero-order valence-electron chi connectivity index (χ0n) is 21.5. The molecule has 0 aliphatic heterocycles. The van der Waals surface area contributed by atoms with Crippen molar-refractivity contribution in [2.24, 2.45) is 0 Å². The van der Waals surface area contributed by atoms with E-state index in [2.05, 4.69) is 5.32 Å². The van der Waals surface area contributed by atoms with Crippen molar-refractivity contribution in [1.82, 2.24) is 10.2 Å². The van der Waals surface area contributed by atoms with Gasteiger partial charge < -0.3 is 15.0 Å². The van der Waals surface area contributed by atoms with E-state index in [0.717, 1.165) is 21.7 Å². The highest BCUT2D eigenvalue weighted by Gasteiger charge is 2.29. The largest absolute Gasteiger partial charge is 0.457 e. The van der Waals surface area contributed by atoms with Gasteiger partial charge in [0.15, 0.2) is 0 Å². The summed E-state index contributed by atoms with van der Waals surface area (Å²) in [5.41, 5.74) is 2.22. The van der Waals surface area contributed by atoms with Crippen molar-refractivity contribution in [3.8, 4) is 11.5 Å². The molecular weight excluding hydrogens is 490 g/mol. The Bertz CT molecular complexity index is 1290.